The number of carbonyl (C=O) groups is 1. The van der Waals surface area contributed by atoms with Crippen molar-refractivity contribution in [3.05, 3.63) is 0 Å². The van der Waals surface area contributed by atoms with Crippen LogP contribution < -0.4 is 22.3 Å². The lowest BCUT2D eigenvalue weighted by molar-refractivity contribution is 0.144. The molecule has 0 fully saturated rings. The first-order valence-electron chi connectivity index (χ1n) is 4.09. The van der Waals surface area contributed by atoms with Gasteiger partial charge in [-0.05, 0) is 6.04 Å². The maximum Gasteiger partial charge on any atom is 0.422 e. The van der Waals surface area contributed by atoms with E-state index in [1.807, 2.05) is 0 Å². The van der Waals surface area contributed by atoms with Crippen LogP contribution in [-0.4, -0.2) is 20.8 Å². The van der Waals surface area contributed by atoms with E-state index in [1.165, 1.54) is 0 Å². The van der Waals surface area contributed by atoms with E-state index in [9.17, 15) is 4.79 Å². The molecule has 1 amide bonds. The number of rotatable bonds is 5. The molecular weight excluding hydrogens is 188 g/mol. The number of hydrazine groups is 3. The van der Waals surface area contributed by atoms with E-state index < -0.39 is 14.2 Å². The van der Waals surface area contributed by atoms with Crippen molar-refractivity contribution in [2.45, 2.75) is 25.7 Å². The Kier molecular flexibility index (Phi) is 5.63. The van der Waals surface area contributed by atoms with E-state index in [4.69, 9.17) is 10.6 Å². The summed E-state index contributed by atoms with van der Waals surface area (Å²) in [5.74, 6) is 4.85. The molecule has 6 nitrogen and oxygen atoms in total. The van der Waals surface area contributed by atoms with Gasteiger partial charge in [0.15, 0.2) is 0 Å². The van der Waals surface area contributed by atoms with Gasteiger partial charge in [-0.15, -0.1) is 0 Å². The largest absolute Gasteiger partial charge is 0.449 e. The highest BCUT2D eigenvalue weighted by molar-refractivity contribution is 6.76. The highest BCUT2D eigenvalue weighted by atomic mass is 28.3. The maximum absolute atomic E-state index is 10.8. The Morgan fingerprint density at radius 3 is 2.54 bits per heavy atom. The average molecular weight is 206 g/mol. The number of amides is 1. The molecule has 0 radical (unpaired) electrons. The molecule has 0 aromatic rings. The molecule has 0 saturated carbocycles. The number of nitrogens with two attached hydrogens (primary N) is 1. The van der Waals surface area contributed by atoms with Crippen molar-refractivity contribution in [2.75, 3.05) is 6.61 Å². The minimum atomic E-state index is -1.12. The molecule has 0 aliphatic rings. The summed E-state index contributed by atoms with van der Waals surface area (Å²) in [6, 6.07) is 0.955. The number of nitrogens with one attached hydrogen (secondary N) is 3. The van der Waals surface area contributed by atoms with E-state index in [-0.39, 0.29) is 0 Å². The molecule has 0 aromatic carbocycles. The van der Waals surface area contributed by atoms with Crippen molar-refractivity contribution in [3.8, 4) is 0 Å². The first-order valence-corrected chi connectivity index (χ1v) is 7.80. The van der Waals surface area contributed by atoms with Crippen LogP contribution in [0.4, 0.5) is 4.79 Å². The summed E-state index contributed by atoms with van der Waals surface area (Å²) in [5, 5.41) is 0. The van der Waals surface area contributed by atoms with Gasteiger partial charge in [0, 0.05) is 8.07 Å². The fourth-order valence-corrected chi connectivity index (χ4v) is 1.29. The molecule has 5 N–H and O–H groups in total. The standard InChI is InChI=1S/C6H18N4O2Si/c1-13(2,3)5-4-12-6(11)8-10-9-7/h9-10H,4-5,7H2,1-3H3,(H,8,11). The fraction of sp³-hybridized carbons (Fsp3) is 0.833. The number of ether oxygens (including phenoxy) is 1. The van der Waals surface area contributed by atoms with Crippen molar-refractivity contribution >= 4 is 14.2 Å². The molecule has 0 heterocycles. The zero-order valence-electron chi connectivity index (χ0n) is 8.31. The molecule has 13 heavy (non-hydrogen) atoms. The Bertz CT molecular complexity index is 159. The molecule has 0 aromatic heterocycles. The fourth-order valence-electron chi connectivity index (χ4n) is 0.573. The molecule has 78 valence electrons. The van der Waals surface area contributed by atoms with Crippen LogP contribution in [-0.2, 0) is 4.74 Å². The molecule has 0 atom stereocenters. The van der Waals surface area contributed by atoms with E-state index in [0.717, 1.165) is 6.04 Å². The monoisotopic (exact) mass is 206 g/mol. The topological polar surface area (TPSA) is 88.4 Å². The van der Waals surface area contributed by atoms with Gasteiger partial charge >= 0.3 is 6.09 Å². The molecule has 0 rings (SSSR count). The molecule has 0 spiro atoms. The zero-order chi connectivity index (χ0) is 10.3. The SMILES string of the molecule is C[Si](C)(C)CCOC(=O)NNNN. The van der Waals surface area contributed by atoms with Crippen LogP contribution >= 0.6 is 0 Å². The molecule has 0 saturated heterocycles. The van der Waals surface area contributed by atoms with Crippen molar-refractivity contribution in [2.24, 2.45) is 5.84 Å². The summed E-state index contributed by atoms with van der Waals surface area (Å²) in [5.41, 5.74) is 6.45. The van der Waals surface area contributed by atoms with Crippen molar-refractivity contribution in [1.29, 1.82) is 0 Å². The Hall–Kier alpha value is -0.633. The second-order valence-electron chi connectivity index (χ2n) is 3.84. The summed E-state index contributed by atoms with van der Waals surface area (Å²) in [7, 11) is -1.12. The van der Waals surface area contributed by atoms with Gasteiger partial charge in [0.1, 0.15) is 0 Å². The van der Waals surface area contributed by atoms with Gasteiger partial charge in [0.2, 0.25) is 0 Å². The minimum Gasteiger partial charge on any atom is -0.449 e. The molecule has 0 unspecified atom stereocenters. The lowest BCUT2D eigenvalue weighted by Crippen LogP contribution is -2.50. The third-order valence-electron chi connectivity index (χ3n) is 1.32. The lowest BCUT2D eigenvalue weighted by Gasteiger charge is -2.15. The number of carbonyl (C=O) groups excluding carboxylic acids is 1. The highest BCUT2D eigenvalue weighted by Crippen LogP contribution is 2.07. The number of hydrogen-bond acceptors (Lipinski definition) is 5. The third-order valence-corrected chi connectivity index (χ3v) is 3.03. The predicted molar refractivity (Wildman–Crippen MR) is 53.1 cm³/mol. The summed E-state index contributed by atoms with van der Waals surface area (Å²) >= 11 is 0. The van der Waals surface area contributed by atoms with Gasteiger partial charge in [0.25, 0.3) is 0 Å². The summed E-state index contributed by atoms with van der Waals surface area (Å²) in [6.07, 6.45) is -0.531. The normalized spacial score (nSPS) is 11.1. The molecule has 0 bridgehead atoms. The van der Waals surface area contributed by atoms with E-state index >= 15 is 0 Å². The van der Waals surface area contributed by atoms with E-state index in [0.29, 0.717) is 6.61 Å². The van der Waals surface area contributed by atoms with Crippen LogP contribution in [0.2, 0.25) is 25.7 Å². The Morgan fingerprint density at radius 1 is 1.46 bits per heavy atom. The molecule has 0 aliphatic heterocycles. The Labute approximate surface area is 79.1 Å². The Morgan fingerprint density at radius 2 is 2.08 bits per heavy atom. The van der Waals surface area contributed by atoms with Gasteiger partial charge in [-0.25, -0.2) is 10.2 Å². The van der Waals surface area contributed by atoms with Gasteiger partial charge in [-0.1, -0.05) is 19.6 Å². The predicted octanol–water partition coefficient (Wildman–Crippen LogP) is -0.0663. The van der Waals surface area contributed by atoms with Crippen LogP contribution in [0.15, 0.2) is 0 Å². The smallest absolute Gasteiger partial charge is 0.422 e. The van der Waals surface area contributed by atoms with Crippen LogP contribution in [0.5, 0.6) is 0 Å². The van der Waals surface area contributed by atoms with Gasteiger partial charge in [-0.3, -0.25) is 5.84 Å². The highest BCUT2D eigenvalue weighted by Gasteiger charge is 2.13. The van der Waals surface area contributed by atoms with Crippen molar-refractivity contribution in [1.82, 2.24) is 16.5 Å². The maximum atomic E-state index is 10.8. The minimum absolute atomic E-state index is 0.452. The molecular formula is C6H18N4O2Si. The quantitative estimate of drug-likeness (QED) is 0.287. The Balaban J connectivity index is 3.37. The lowest BCUT2D eigenvalue weighted by atomic mass is 10.8. The van der Waals surface area contributed by atoms with E-state index in [1.54, 1.807) is 0 Å². The molecule has 0 aliphatic carbocycles. The summed E-state index contributed by atoms with van der Waals surface area (Å²) in [4.78, 5) is 10.8. The van der Waals surface area contributed by atoms with Gasteiger partial charge in [-0.2, -0.15) is 11.1 Å². The van der Waals surface area contributed by atoms with E-state index in [2.05, 4.69) is 36.1 Å². The van der Waals surface area contributed by atoms with Gasteiger partial charge < -0.3 is 4.74 Å². The summed E-state index contributed by atoms with van der Waals surface area (Å²) in [6.45, 7) is 7.10. The van der Waals surface area contributed by atoms with Crippen molar-refractivity contribution in [3.63, 3.8) is 0 Å². The molecule has 7 heteroatoms. The average Bonchev–Trinajstić information content (AvgIpc) is 1.98. The van der Waals surface area contributed by atoms with Gasteiger partial charge in [0.05, 0.1) is 6.61 Å². The first kappa shape index (κ1) is 12.4. The zero-order valence-corrected chi connectivity index (χ0v) is 9.31. The van der Waals surface area contributed by atoms with Crippen LogP contribution in [0, 0.1) is 0 Å². The second-order valence-corrected chi connectivity index (χ2v) is 9.46. The second kappa shape index (κ2) is 5.92. The van der Waals surface area contributed by atoms with Crippen LogP contribution in [0.25, 0.3) is 0 Å². The third kappa shape index (κ3) is 9.28. The van der Waals surface area contributed by atoms with Crippen molar-refractivity contribution < 1.29 is 9.53 Å². The summed E-state index contributed by atoms with van der Waals surface area (Å²) < 4.78 is 4.85. The van der Waals surface area contributed by atoms with Crippen LogP contribution in [0.3, 0.4) is 0 Å². The first-order chi connectivity index (χ1) is 5.95. The van der Waals surface area contributed by atoms with Crippen LogP contribution in [0.1, 0.15) is 0 Å². The number of hydrogen-bond donors (Lipinski definition) is 4.